The Bertz CT molecular complexity index is 2370. The van der Waals surface area contributed by atoms with Crippen LogP contribution in [0.1, 0.15) is 30.5 Å². The zero-order valence-electron chi connectivity index (χ0n) is 24.1. The second-order valence-electron chi connectivity index (χ2n) is 11.1. The lowest BCUT2D eigenvalue weighted by molar-refractivity contribution is 0.632. The number of benzene rings is 4. The summed E-state index contributed by atoms with van der Waals surface area (Å²) in [4.78, 5) is 18.6. The maximum atomic E-state index is 13.0. The van der Waals surface area contributed by atoms with Gasteiger partial charge in [-0.1, -0.05) is 68.4 Å². The van der Waals surface area contributed by atoms with E-state index in [9.17, 15) is 10.1 Å². The third kappa shape index (κ3) is 4.17. The van der Waals surface area contributed by atoms with E-state index in [4.69, 9.17) is 6.57 Å². The van der Waals surface area contributed by atoms with E-state index in [0.29, 0.717) is 14.7 Å². The van der Waals surface area contributed by atoms with Gasteiger partial charge in [0, 0.05) is 29.3 Å². The molecule has 0 aliphatic carbocycles. The lowest BCUT2D eigenvalue weighted by Gasteiger charge is -2.42. The Morgan fingerprint density at radius 2 is 1.68 bits per heavy atom. The molecule has 0 amide bonds. The Hall–Kier alpha value is -5.35. The molecule has 0 unspecified atom stereocenters. The van der Waals surface area contributed by atoms with Crippen LogP contribution in [0.5, 0.6) is 0 Å². The highest BCUT2D eigenvalue weighted by atomic mass is 32.1. The highest BCUT2D eigenvalue weighted by molar-refractivity contribution is 7.07. The van der Waals surface area contributed by atoms with Gasteiger partial charge in [0.05, 0.1) is 40.3 Å². The van der Waals surface area contributed by atoms with Gasteiger partial charge >= 0.3 is 0 Å². The summed E-state index contributed by atoms with van der Waals surface area (Å²) in [6.07, 6.45) is 1.77. The van der Waals surface area contributed by atoms with Crippen LogP contribution in [-0.2, 0) is 12.5 Å². The third-order valence-corrected chi connectivity index (χ3v) is 9.94. The van der Waals surface area contributed by atoms with Crippen molar-refractivity contribution in [2.45, 2.75) is 19.3 Å². The largest absolute Gasteiger partial charge is 0.310 e. The van der Waals surface area contributed by atoms with Crippen molar-refractivity contribution in [3.63, 3.8) is 0 Å². The molecule has 0 saturated carbocycles. The SMILES string of the molecule is [C-]#[N+]/C(C#N)=c1\sc(=Cc2ccc(-c3ccc4c(c3)C(C)(C)c3ccccc3N4c3ccccc3)c3nsnc23)c(=O)n1C. The predicted molar refractivity (Wildman–Crippen MR) is 178 cm³/mol. The molecule has 0 spiro atoms. The van der Waals surface area contributed by atoms with E-state index in [1.54, 1.807) is 13.1 Å². The number of hydrogen-bond acceptors (Lipinski definition) is 7. The van der Waals surface area contributed by atoms with Gasteiger partial charge in [0.1, 0.15) is 15.7 Å². The number of rotatable bonds is 3. The average molecular weight is 609 g/mol. The maximum Gasteiger partial charge on any atom is 0.294 e. The fourth-order valence-electron chi connectivity index (χ4n) is 6.00. The smallest absolute Gasteiger partial charge is 0.294 e. The summed E-state index contributed by atoms with van der Waals surface area (Å²) in [7, 11) is 1.58. The van der Waals surface area contributed by atoms with Crippen LogP contribution in [0.25, 0.3) is 38.8 Å². The Morgan fingerprint density at radius 1 is 0.955 bits per heavy atom. The van der Waals surface area contributed by atoms with Crippen molar-refractivity contribution in [2.24, 2.45) is 7.05 Å². The first-order valence-corrected chi connectivity index (χ1v) is 15.4. The molecular formula is C35H24N6OS2. The molecule has 0 fully saturated rings. The number of hydrogen-bond donors (Lipinski definition) is 0. The lowest BCUT2D eigenvalue weighted by Crippen LogP contribution is -2.30. The molecule has 6 aromatic rings. The van der Waals surface area contributed by atoms with Crippen molar-refractivity contribution in [1.82, 2.24) is 13.3 Å². The lowest BCUT2D eigenvalue weighted by atomic mass is 9.73. The Labute approximate surface area is 261 Å². The molecule has 0 atom stereocenters. The van der Waals surface area contributed by atoms with E-state index in [2.05, 4.69) is 99.1 Å². The van der Waals surface area contributed by atoms with Gasteiger partial charge in [-0.05, 0) is 53.1 Å². The zero-order valence-corrected chi connectivity index (χ0v) is 25.7. The van der Waals surface area contributed by atoms with Crippen LogP contribution in [-0.4, -0.2) is 13.3 Å². The van der Waals surface area contributed by atoms with E-state index < -0.39 is 0 Å². The summed E-state index contributed by atoms with van der Waals surface area (Å²) >= 11 is 2.26. The Balaban J connectivity index is 1.40. The van der Waals surface area contributed by atoms with Crippen molar-refractivity contribution >= 4 is 62.9 Å². The van der Waals surface area contributed by atoms with Gasteiger partial charge in [0.15, 0.2) is 0 Å². The maximum absolute atomic E-state index is 13.0. The van der Waals surface area contributed by atoms with Crippen LogP contribution in [0.3, 0.4) is 0 Å². The molecule has 44 heavy (non-hydrogen) atoms. The van der Waals surface area contributed by atoms with Gasteiger partial charge in [-0.15, -0.1) is 11.3 Å². The molecule has 9 heteroatoms. The molecule has 3 heterocycles. The predicted octanol–water partition coefficient (Wildman–Crippen LogP) is 6.61. The fourth-order valence-corrected chi connectivity index (χ4v) is 7.60. The van der Waals surface area contributed by atoms with E-state index in [0.717, 1.165) is 56.6 Å². The van der Waals surface area contributed by atoms with E-state index in [1.165, 1.54) is 21.4 Å². The van der Waals surface area contributed by atoms with Crippen molar-refractivity contribution < 1.29 is 0 Å². The molecular weight excluding hydrogens is 585 g/mol. The first-order valence-electron chi connectivity index (χ1n) is 13.9. The molecule has 0 saturated heterocycles. The van der Waals surface area contributed by atoms with Crippen molar-refractivity contribution in [3.8, 4) is 17.2 Å². The molecule has 2 aromatic heterocycles. The minimum absolute atomic E-state index is 0.103. The average Bonchev–Trinajstić information content (AvgIpc) is 3.64. The molecule has 7 nitrogen and oxygen atoms in total. The van der Waals surface area contributed by atoms with E-state index in [-0.39, 0.29) is 16.7 Å². The van der Waals surface area contributed by atoms with Crippen LogP contribution in [0, 0.1) is 17.9 Å². The van der Waals surface area contributed by atoms with Gasteiger partial charge in [0.25, 0.3) is 11.3 Å². The van der Waals surface area contributed by atoms with E-state index >= 15 is 0 Å². The van der Waals surface area contributed by atoms with Crippen molar-refractivity contribution in [1.29, 1.82) is 5.26 Å². The van der Waals surface area contributed by atoms with Crippen LogP contribution >= 0.6 is 23.1 Å². The van der Waals surface area contributed by atoms with Crippen LogP contribution in [0.2, 0.25) is 0 Å². The molecule has 0 N–H and O–H groups in total. The van der Waals surface area contributed by atoms with Gasteiger partial charge in [-0.25, -0.2) is 10.1 Å². The summed E-state index contributed by atoms with van der Waals surface area (Å²) in [6, 6.07) is 31.5. The van der Waals surface area contributed by atoms with Crippen molar-refractivity contribution in [3.05, 3.63) is 133 Å². The van der Waals surface area contributed by atoms with Crippen LogP contribution in [0.15, 0.2) is 89.7 Å². The van der Waals surface area contributed by atoms with Gasteiger partial charge in [-0.2, -0.15) is 8.75 Å². The van der Waals surface area contributed by atoms with Crippen LogP contribution < -0.4 is 19.7 Å². The molecule has 212 valence electrons. The standard InChI is InChI=1S/C35H24N6OS2/c1-35(2)25-12-8-9-13-28(25)41(23-10-6-5-7-11-23)29-17-15-21(18-26(29)35)24-16-14-22(31-32(24)39-44-38-31)19-30-33(42)40(4)34(43-30)27(20-36)37-3/h5-19H,1-2,4H3/b30-19?,34-27-. The highest BCUT2D eigenvalue weighted by Gasteiger charge is 2.37. The number of thiazole rings is 1. The molecule has 0 bridgehead atoms. The van der Waals surface area contributed by atoms with Gasteiger partial charge in [-0.3, -0.25) is 4.79 Å². The normalized spacial score (nSPS) is 14.5. The summed E-state index contributed by atoms with van der Waals surface area (Å²) in [5.74, 6) is 0. The second kappa shape index (κ2) is 10.4. The number of fused-ring (bicyclic) bond motifs is 3. The molecule has 7 rings (SSSR count). The highest BCUT2D eigenvalue weighted by Crippen LogP contribution is 2.52. The summed E-state index contributed by atoms with van der Waals surface area (Å²) in [5.41, 5.74) is 9.49. The van der Waals surface area contributed by atoms with Gasteiger partial charge in [0.2, 0.25) is 0 Å². The first-order chi connectivity index (χ1) is 21.3. The summed E-state index contributed by atoms with van der Waals surface area (Å²) in [6.45, 7) is 11.8. The molecule has 0 radical (unpaired) electrons. The number of nitriles is 1. The Kier molecular flexibility index (Phi) is 6.51. The summed E-state index contributed by atoms with van der Waals surface area (Å²) < 4.78 is 11.4. The molecule has 4 aromatic carbocycles. The van der Waals surface area contributed by atoms with Gasteiger partial charge < -0.3 is 9.47 Å². The number of nitrogens with zero attached hydrogens (tertiary/aromatic N) is 6. The Morgan fingerprint density at radius 3 is 2.45 bits per heavy atom. The monoisotopic (exact) mass is 608 g/mol. The zero-order chi connectivity index (χ0) is 30.6. The molecule has 1 aliphatic rings. The first kappa shape index (κ1) is 27.5. The molecule has 1 aliphatic heterocycles. The number of aromatic nitrogens is 3. The minimum atomic E-state index is -0.262. The minimum Gasteiger partial charge on any atom is -0.310 e. The van der Waals surface area contributed by atoms with Crippen LogP contribution in [0.4, 0.5) is 17.1 Å². The number of para-hydroxylation sites is 2. The number of anilines is 3. The van der Waals surface area contributed by atoms with E-state index in [1.807, 2.05) is 24.3 Å². The second-order valence-corrected chi connectivity index (χ2v) is 12.6. The quantitative estimate of drug-likeness (QED) is 0.211. The summed E-state index contributed by atoms with van der Waals surface area (Å²) in [5, 5.41) is 9.33. The van der Waals surface area contributed by atoms with Crippen molar-refractivity contribution in [2.75, 3.05) is 4.90 Å². The third-order valence-electron chi connectivity index (χ3n) is 8.23. The fraction of sp³-hybridized carbons (Fsp3) is 0.114. The topological polar surface area (TPSA) is 79.2 Å².